The van der Waals surface area contributed by atoms with Crippen molar-refractivity contribution in [2.24, 2.45) is 0 Å². The summed E-state index contributed by atoms with van der Waals surface area (Å²) in [6.45, 7) is 2.13. The minimum atomic E-state index is -0.614. The molecule has 0 spiro atoms. The van der Waals surface area contributed by atoms with Gasteiger partial charge < -0.3 is 14.6 Å². The van der Waals surface area contributed by atoms with Crippen LogP contribution in [0.15, 0.2) is 73.1 Å². The summed E-state index contributed by atoms with van der Waals surface area (Å²) in [5.74, 6) is -0.281. The lowest BCUT2D eigenvalue weighted by molar-refractivity contribution is 0.0334. The summed E-state index contributed by atoms with van der Waals surface area (Å²) in [7, 11) is 0. The number of rotatable bonds is 6. The van der Waals surface area contributed by atoms with Gasteiger partial charge in [0, 0.05) is 12.4 Å². The van der Waals surface area contributed by atoms with Crippen molar-refractivity contribution in [3.63, 3.8) is 0 Å². The molecular weight excluding hydrogens is 330 g/mol. The van der Waals surface area contributed by atoms with E-state index in [4.69, 9.17) is 9.47 Å². The van der Waals surface area contributed by atoms with Crippen molar-refractivity contribution in [2.45, 2.75) is 19.6 Å². The van der Waals surface area contributed by atoms with Crippen LogP contribution in [0.25, 0.3) is 0 Å². The number of carbonyl (C=O) groups is 1. The summed E-state index contributed by atoms with van der Waals surface area (Å²) in [6.07, 6.45) is 2.81. The van der Waals surface area contributed by atoms with E-state index in [1.165, 1.54) is 12.1 Å². The molecule has 1 heterocycles. The lowest BCUT2D eigenvalue weighted by Crippen LogP contribution is -2.10. The Hall–Kier alpha value is -3.34. The SMILES string of the molecule is CC(OC(=O)c1cc(OCc2ccccc2)ccc1O)c1ccncc1. The Morgan fingerprint density at radius 2 is 1.81 bits per heavy atom. The van der Waals surface area contributed by atoms with E-state index in [0.717, 1.165) is 11.1 Å². The number of pyridine rings is 1. The maximum absolute atomic E-state index is 12.4. The topological polar surface area (TPSA) is 68.7 Å². The molecule has 0 saturated heterocycles. The molecule has 0 saturated carbocycles. The van der Waals surface area contributed by atoms with Crippen LogP contribution in [0.2, 0.25) is 0 Å². The van der Waals surface area contributed by atoms with Crippen molar-refractivity contribution < 1.29 is 19.4 Å². The molecule has 1 aromatic heterocycles. The van der Waals surface area contributed by atoms with Gasteiger partial charge in [-0.25, -0.2) is 4.79 Å². The van der Waals surface area contributed by atoms with Gasteiger partial charge in [-0.15, -0.1) is 0 Å². The first-order valence-corrected chi connectivity index (χ1v) is 8.24. The average Bonchev–Trinajstić information content (AvgIpc) is 2.68. The van der Waals surface area contributed by atoms with Crippen LogP contribution < -0.4 is 4.74 Å². The molecule has 1 unspecified atom stereocenters. The van der Waals surface area contributed by atoms with Crippen molar-refractivity contribution in [2.75, 3.05) is 0 Å². The van der Waals surface area contributed by atoms with E-state index in [9.17, 15) is 9.90 Å². The normalized spacial score (nSPS) is 11.6. The Kier molecular flexibility index (Phi) is 5.49. The minimum Gasteiger partial charge on any atom is -0.507 e. The van der Waals surface area contributed by atoms with Gasteiger partial charge in [0.15, 0.2) is 0 Å². The number of phenolic OH excluding ortho intramolecular Hbond substituents is 1. The summed E-state index contributed by atoms with van der Waals surface area (Å²) in [6, 6.07) is 17.8. The lowest BCUT2D eigenvalue weighted by Gasteiger charge is -2.14. The molecule has 5 nitrogen and oxygen atoms in total. The molecule has 0 amide bonds. The molecule has 5 heteroatoms. The smallest absolute Gasteiger partial charge is 0.342 e. The van der Waals surface area contributed by atoms with Gasteiger partial charge in [-0.3, -0.25) is 4.98 Å². The molecule has 0 bridgehead atoms. The van der Waals surface area contributed by atoms with Crippen LogP contribution in [0.3, 0.4) is 0 Å². The number of ether oxygens (including phenoxy) is 2. The third kappa shape index (κ3) is 4.39. The second-order valence-electron chi connectivity index (χ2n) is 5.78. The minimum absolute atomic E-state index is 0.0662. The summed E-state index contributed by atoms with van der Waals surface area (Å²) in [4.78, 5) is 16.4. The molecule has 1 atom stereocenters. The van der Waals surface area contributed by atoms with Gasteiger partial charge in [-0.05, 0) is 48.4 Å². The number of carbonyl (C=O) groups excluding carboxylic acids is 1. The number of phenols is 1. The van der Waals surface area contributed by atoms with Gasteiger partial charge in [-0.2, -0.15) is 0 Å². The number of aromatic hydroxyl groups is 1. The van der Waals surface area contributed by atoms with Crippen LogP contribution >= 0.6 is 0 Å². The highest BCUT2D eigenvalue weighted by Crippen LogP contribution is 2.26. The first-order chi connectivity index (χ1) is 12.6. The lowest BCUT2D eigenvalue weighted by atomic mass is 10.1. The second-order valence-corrected chi connectivity index (χ2v) is 5.78. The van der Waals surface area contributed by atoms with Crippen LogP contribution in [0.5, 0.6) is 11.5 Å². The number of hydrogen-bond acceptors (Lipinski definition) is 5. The van der Waals surface area contributed by atoms with Gasteiger partial charge in [0.2, 0.25) is 0 Å². The summed E-state index contributed by atoms with van der Waals surface area (Å²) in [5.41, 5.74) is 1.90. The molecule has 1 N–H and O–H groups in total. The highest BCUT2D eigenvalue weighted by atomic mass is 16.5. The Morgan fingerprint density at radius 1 is 1.08 bits per heavy atom. The highest BCUT2D eigenvalue weighted by molar-refractivity contribution is 5.93. The highest BCUT2D eigenvalue weighted by Gasteiger charge is 2.18. The number of nitrogens with zero attached hydrogens (tertiary/aromatic N) is 1. The van der Waals surface area contributed by atoms with Gasteiger partial charge >= 0.3 is 5.97 Å². The Morgan fingerprint density at radius 3 is 2.54 bits per heavy atom. The molecule has 3 rings (SSSR count). The standard InChI is InChI=1S/C21H19NO4/c1-15(17-9-11-22-12-10-17)26-21(24)19-13-18(7-8-20(19)23)25-14-16-5-3-2-4-6-16/h2-13,15,23H,14H2,1H3. The average molecular weight is 349 g/mol. The first-order valence-electron chi connectivity index (χ1n) is 8.24. The van der Waals surface area contributed by atoms with Gasteiger partial charge in [-0.1, -0.05) is 30.3 Å². The van der Waals surface area contributed by atoms with Gasteiger partial charge in [0.05, 0.1) is 0 Å². The Bertz CT molecular complexity index is 866. The largest absolute Gasteiger partial charge is 0.507 e. The van der Waals surface area contributed by atoms with Crippen molar-refractivity contribution in [1.82, 2.24) is 4.98 Å². The van der Waals surface area contributed by atoms with Gasteiger partial charge in [0.25, 0.3) is 0 Å². The fraction of sp³-hybridized carbons (Fsp3) is 0.143. The van der Waals surface area contributed by atoms with E-state index >= 15 is 0 Å². The summed E-state index contributed by atoms with van der Waals surface area (Å²) >= 11 is 0. The predicted molar refractivity (Wildman–Crippen MR) is 96.9 cm³/mol. The molecule has 132 valence electrons. The van der Waals surface area contributed by atoms with Crippen LogP contribution in [0, 0.1) is 0 Å². The molecule has 0 fully saturated rings. The van der Waals surface area contributed by atoms with Crippen LogP contribution in [-0.2, 0) is 11.3 Å². The molecular formula is C21H19NO4. The number of hydrogen-bond donors (Lipinski definition) is 1. The quantitative estimate of drug-likeness (QED) is 0.673. The molecule has 0 aliphatic rings. The maximum atomic E-state index is 12.4. The molecule has 26 heavy (non-hydrogen) atoms. The molecule has 0 aliphatic heterocycles. The van der Waals surface area contributed by atoms with Crippen LogP contribution in [0.1, 0.15) is 34.5 Å². The van der Waals surface area contributed by atoms with Crippen LogP contribution in [0.4, 0.5) is 0 Å². The third-order valence-electron chi connectivity index (χ3n) is 3.90. The zero-order valence-corrected chi connectivity index (χ0v) is 14.3. The zero-order valence-electron chi connectivity index (χ0n) is 14.3. The predicted octanol–water partition coefficient (Wildman–Crippen LogP) is 4.28. The van der Waals surface area contributed by atoms with E-state index in [1.54, 1.807) is 37.5 Å². The number of esters is 1. The summed E-state index contributed by atoms with van der Waals surface area (Å²) in [5, 5.41) is 10.0. The molecule has 3 aromatic rings. The fourth-order valence-electron chi connectivity index (χ4n) is 2.44. The third-order valence-corrected chi connectivity index (χ3v) is 3.90. The van der Waals surface area contributed by atoms with E-state index in [2.05, 4.69) is 4.98 Å². The van der Waals surface area contributed by atoms with E-state index in [1.807, 2.05) is 30.3 Å². The van der Waals surface area contributed by atoms with Crippen LogP contribution in [-0.4, -0.2) is 16.1 Å². The second kappa shape index (κ2) is 8.16. The fourth-order valence-corrected chi connectivity index (χ4v) is 2.44. The molecule has 2 aromatic carbocycles. The monoisotopic (exact) mass is 349 g/mol. The van der Waals surface area contributed by atoms with Gasteiger partial charge in [0.1, 0.15) is 29.8 Å². The maximum Gasteiger partial charge on any atom is 0.342 e. The number of benzene rings is 2. The Labute approximate surface area is 151 Å². The molecule has 0 aliphatic carbocycles. The number of aromatic nitrogens is 1. The first kappa shape index (κ1) is 17.5. The summed E-state index contributed by atoms with van der Waals surface area (Å²) < 4.78 is 11.1. The van der Waals surface area contributed by atoms with E-state index in [0.29, 0.717) is 12.4 Å². The van der Waals surface area contributed by atoms with E-state index < -0.39 is 12.1 Å². The molecule has 0 radical (unpaired) electrons. The van der Waals surface area contributed by atoms with Crippen molar-refractivity contribution >= 4 is 5.97 Å². The zero-order chi connectivity index (χ0) is 18.4. The Balaban J connectivity index is 1.69. The van der Waals surface area contributed by atoms with Crippen molar-refractivity contribution in [3.8, 4) is 11.5 Å². The van der Waals surface area contributed by atoms with E-state index in [-0.39, 0.29) is 11.3 Å². The van der Waals surface area contributed by atoms with Crippen molar-refractivity contribution in [1.29, 1.82) is 0 Å². The van der Waals surface area contributed by atoms with Crippen molar-refractivity contribution in [3.05, 3.63) is 89.7 Å².